The molecule has 8 nitrogen and oxygen atoms in total. The molecular formula is C10H24Mo2O8. The van der Waals surface area contributed by atoms with Gasteiger partial charge in [0.25, 0.3) is 0 Å². The summed E-state index contributed by atoms with van der Waals surface area (Å²) in [5.74, 6) is -0.125. The first-order chi connectivity index (χ1) is 6.25. The summed E-state index contributed by atoms with van der Waals surface area (Å²) in [5.41, 5.74) is 0. The van der Waals surface area contributed by atoms with Crippen LogP contribution in [0.5, 0.6) is 0 Å². The maximum absolute atomic E-state index is 10.0. The number of ketones is 2. The van der Waals surface area contributed by atoms with Crippen molar-refractivity contribution < 1.29 is 83.8 Å². The van der Waals surface area contributed by atoms with Gasteiger partial charge in [-0.2, -0.15) is 0 Å². The normalized spacial score (nSPS) is 8.00. The van der Waals surface area contributed by atoms with Gasteiger partial charge in [-0.25, -0.2) is 0 Å². The summed E-state index contributed by atoms with van der Waals surface area (Å²) in [6, 6.07) is 0. The van der Waals surface area contributed by atoms with Gasteiger partial charge in [0, 0.05) is 54.3 Å². The summed E-state index contributed by atoms with van der Waals surface area (Å²) in [5, 5.41) is 16.7. The Kier molecular flexibility index (Phi) is 78.5. The van der Waals surface area contributed by atoms with Crippen LogP contribution in [0.15, 0.2) is 23.7 Å². The first kappa shape index (κ1) is 50.4. The van der Waals surface area contributed by atoms with Crippen LogP contribution in [-0.4, -0.2) is 43.7 Å². The van der Waals surface area contributed by atoms with Crippen molar-refractivity contribution in [2.45, 2.75) is 27.7 Å². The van der Waals surface area contributed by atoms with E-state index in [0.29, 0.717) is 0 Å². The third-order valence-electron chi connectivity index (χ3n) is 0.824. The zero-order valence-electron chi connectivity index (χ0n) is 11.7. The van der Waals surface area contributed by atoms with Crippen LogP contribution >= 0.6 is 0 Å². The standard InChI is InChI=1S/2C5H8O2.2Mo.4H2O/c2*1-4(6)3-5(2)7;;;;;;/h2*3,6H,1-2H3;;;4*1H2/b2*4-3+;;;;;;. The quantitative estimate of drug-likeness (QED) is 0.293. The maximum Gasteiger partial charge on any atom is 0.155 e. The molecule has 0 amide bonds. The second-order valence-corrected chi connectivity index (χ2v) is 2.79. The van der Waals surface area contributed by atoms with Crippen LogP contribution in [0.25, 0.3) is 0 Å². The van der Waals surface area contributed by atoms with Crippen molar-refractivity contribution in [1.82, 2.24) is 0 Å². The van der Waals surface area contributed by atoms with Gasteiger partial charge in [-0.05, 0) is 27.7 Å². The second kappa shape index (κ2) is 31.2. The number of aliphatic hydroxyl groups is 2. The van der Waals surface area contributed by atoms with Crippen LogP contribution in [0.2, 0.25) is 0 Å². The molecule has 0 saturated heterocycles. The van der Waals surface area contributed by atoms with Crippen molar-refractivity contribution in [3.8, 4) is 0 Å². The van der Waals surface area contributed by atoms with E-state index >= 15 is 0 Å². The molecule has 0 aromatic rings. The second-order valence-electron chi connectivity index (χ2n) is 2.79. The molecule has 10 heteroatoms. The fraction of sp³-hybridized carbons (Fsp3) is 0.400. The van der Waals surface area contributed by atoms with Gasteiger partial charge < -0.3 is 32.1 Å². The molecule has 0 aliphatic heterocycles. The molecule has 0 spiro atoms. The maximum atomic E-state index is 10.0. The number of aliphatic hydroxyl groups excluding tert-OH is 2. The van der Waals surface area contributed by atoms with E-state index in [-0.39, 0.29) is 87.1 Å². The third kappa shape index (κ3) is 83.7. The minimum Gasteiger partial charge on any atom is -0.512 e. The zero-order valence-corrected chi connectivity index (χ0v) is 15.7. The number of rotatable bonds is 2. The molecule has 0 rings (SSSR count). The van der Waals surface area contributed by atoms with Crippen molar-refractivity contribution in [3.05, 3.63) is 23.7 Å². The monoisotopic (exact) mass is 468 g/mol. The largest absolute Gasteiger partial charge is 0.512 e. The van der Waals surface area contributed by atoms with Crippen LogP contribution < -0.4 is 0 Å². The van der Waals surface area contributed by atoms with Gasteiger partial charge in [-0.3, -0.25) is 9.59 Å². The van der Waals surface area contributed by atoms with Crippen LogP contribution in [0, 0.1) is 0 Å². The van der Waals surface area contributed by atoms with Crippen molar-refractivity contribution in [3.63, 3.8) is 0 Å². The van der Waals surface area contributed by atoms with Gasteiger partial charge in [-0.15, -0.1) is 0 Å². The molecule has 0 aliphatic carbocycles. The molecule has 0 fully saturated rings. The molecule has 0 bridgehead atoms. The molecule has 0 aromatic carbocycles. The topological polar surface area (TPSA) is 201 Å². The zero-order chi connectivity index (χ0) is 11.7. The van der Waals surface area contributed by atoms with E-state index in [2.05, 4.69) is 0 Å². The van der Waals surface area contributed by atoms with E-state index in [1.54, 1.807) is 0 Å². The summed E-state index contributed by atoms with van der Waals surface area (Å²) >= 11 is 0. The summed E-state index contributed by atoms with van der Waals surface area (Å²) in [6.07, 6.45) is 2.33. The van der Waals surface area contributed by atoms with E-state index in [9.17, 15) is 9.59 Å². The van der Waals surface area contributed by atoms with Crippen molar-refractivity contribution in [2.75, 3.05) is 0 Å². The Balaban J connectivity index is -0.0000000185. The SMILES string of the molecule is CC(=O)/C=C(\C)O.CC(=O)/C=C(\C)O.O.O.O.O.[Mo].[Mo]. The molecular weight excluding hydrogens is 440 g/mol. The van der Waals surface area contributed by atoms with E-state index < -0.39 is 0 Å². The molecule has 0 aliphatic rings. The Hall–Kier alpha value is -0.363. The van der Waals surface area contributed by atoms with E-state index in [1.165, 1.54) is 39.8 Å². The Labute approximate surface area is 146 Å². The summed E-state index contributed by atoms with van der Waals surface area (Å²) < 4.78 is 0. The first-order valence-corrected chi connectivity index (χ1v) is 4.01. The number of carbonyl (C=O) groups is 2. The Bertz CT molecular complexity index is 240. The minimum atomic E-state index is -0.125. The smallest absolute Gasteiger partial charge is 0.155 e. The van der Waals surface area contributed by atoms with Gasteiger partial charge in [0.1, 0.15) is 0 Å². The molecule has 10 N–H and O–H groups in total. The number of allylic oxidation sites excluding steroid dienone is 4. The third-order valence-corrected chi connectivity index (χ3v) is 0.824. The summed E-state index contributed by atoms with van der Waals surface area (Å²) in [4.78, 5) is 20.0. The van der Waals surface area contributed by atoms with Gasteiger partial charge in [0.2, 0.25) is 0 Å². The predicted octanol–water partition coefficient (Wildman–Crippen LogP) is -1.23. The minimum absolute atomic E-state index is 0. The number of carbonyl (C=O) groups excluding carboxylic acids is 2. The Morgan fingerprint density at radius 2 is 0.800 bits per heavy atom. The van der Waals surface area contributed by atoms with Gasteiger partial charge in [0.05, 0.1) is 11.5 Å². The molecule has 20 heavy (non-hydrogen) atoms. The van der Waals surface area contributed by atoms with Crippen molar-refractivity contribution in [2.24, 2.45) is 0 Å². The van der Waals surface area contributed by atoms with Gasteiger partial charge in [0.15, 0.2) is 11.6 Å². The van der Waals surface area contributed by atoms with Crippen LogP contribution in [0.1, 0.15) is 27.7 Å². The fourth-order valence-electron chi connectivity index (χ4n) is 0.588. The summed E-state index contributed by atoms with van der Waals surface area (Å²) in [6.45, 7) is 5.70. The number of hydrogen-bond acceptors (Lipinski definition) is 4. The van der Waals surface area contributed by atoms with Crippen LogP contribution in [0.3, 0.4) is 0 Å². The Morgan fingerprint density at radius 3 is 0.800 bits per heavy atom. The molecule has 0 unspecified atom stereocenters. The van der Waals surface area contributed by atoms with Gasteiger partial charge in [-0.1, -0.05) is 0 Å². The van der Waals surface area contributed by atoms with Crippen molar-refractivity contribution in [1.29, 1.82) is 0 Å². The molecule has 124 valence electrons. The summed E-state index contributed by atoms with van der Waals surface area (Å²) in [7, 11) is 0. The van der Waals surface area contributed by atoms with E-state index in [0.717, 1.165) is 0 Å². The van der Waals surface area contributed by atoms with Crippen LogP contribution in [0.4, 0.5) is 0 Å². The average Bonchev–Trinajstić information content (AvgIpc) is 1.79. The Morgan fingerprint density at radius 1 is 0.650 bits per heavy atom. The average molecular weight is 464 g/mol. The molecule has 0 heterocycles. The molecule has 0 saturated carbocycles. The van der Waals surface area contributed by atoms with Crippen LogP contribution in [-0.2, 0) is 51.7 Å². The van der Waals surface area contributed by atoms with E-state index in [4.69, 9.17) is 10.2 Å². The van der Waals surface area contributed by atoms with E-state index in [1.807, 2.05) is 0 Å². The molecule has 0 atom stereocenters. The predicted molar refractivity (Wildman–Crippen MR) is 68.6 cm³/mol. The molecule has 0 radical (unpaired) electrons. The molecule has 0 aromatic heterocycles. The number of hydrogen-bond donors (Lipinski definition) is 2. The van der Waals surface area contributed by atoms with Crippen molar-refractivity contribution >= 4 is 11.6 Å². The van der Waals surface area contributed by atoms with Gasteiger partial charge >= 0.3 is 0 Å². The first-order valence-electron chi connectivity index (χ1n) is 4.01. The fourth-order valence-corrected chi connectivity index (χ4v) is 0.588.